The molecule has 0 bridgehead atoms. The van der Waals surface area contributed by atoms with Crippen molar-refractivity contribution in [1.29, 1.82) is 0 Å². The van der Waals surface area contributed by atoms with Crippen LogP contribution in [0.3, 0.4) is 0 Å². The van der Waals surface area contributed by atoms with E-state index < -0.39 is 11.7 Å². The van der Waals surface area contributed by atoms with E-state index in [2.05, 4.69) is 20.1 Å². The molecule has 0 heterocycles. The Kier molecular flexibility index (Phi) is 7.71. The lowest BCUT2D eigenvalue weighted by atomic mass is 9.74. The van der Waals surface area contributed by atoms with Crippen LogP contribution in [0.1, 0.15) is 77.6 Å². The summed E-state index contributed by atoms with van der Waals surface area (Å²) in [6.45, 7) is 9.22. The molecule has 2 aliphatic rings. The molecule has 2 fully saturated rings. The molecule has 0 aromatic rings. The van der Waals surface area contributed by atoms with Crippen molar-refractivity contribution < 1.29 is 8.78 Å². The molecule has 2 heteroatoms. The smallest absolute Gasteiger partial charge is 0.158 e. The zero-order chi connectivity index (χ0) is 17.5. The van der Waals surface area contributed by atoms with Crippen LogP contribution in [0.4, 0.5) is 8.78 Å². The molecule has 0 saturated heterocycles. The molecular weight excluding hydrogens is 302 g/mol. The van der Waals surface area contributed by atoms with Crippen molar-refractivity contribution in [3.05, 3.63) is 36.5 Å². The van der Waals surface area contributed by atoms with E-state index in [1.165, 1.54) is 63.9 Å². The minimum atomic E-state index is -1.00. The quantitative estimate of drug-likeness (QED) is 0.344. The maximum Gasteiger partial charge on any atom is 0.158 e. The SMILES string of the molecule is C=C(/C=C(/F)C(=C)F)CCC1CCCC(C2CCC(C)CC2)CC1. The third kappa shape index (κ3) is 6.18. The number of hydrogen-bond acceptors (Lipinski definition) is 0. The van der Waals surface area contributed by atoms with Crippen LogP contribution in [0.5, 0.6) is 0 Å². The van der Waals surface area contributed by atoms with Gasteiger partial charge in [0, 0.05) is 0 Å². The summed E-state index contributed by atoms with van der Waals surface area (Å²) in [7, 11) is 0. The van der Waals surface area contributed by atoms with Gasteiger partial charge in [-0.2, -0.15) is 0 Å². The van der Waals surface area contributed by atoms with Crippen LogP contribution in [-0.4, -0.2) is 0 Å². The Labute approximate surface area is 147 Å². The molecule has 0 nitrogen and oxygen atoms in total. The van der Waals surface area contributed by atoms with Crippen molar-refractivity contribution >= 4 is 0 Å². The second-order valence-corrected chi connectivity index (χ2v) is 8.25. The van der Waals surface area contributed by atoms with E-state index in [0.717, 1.165) is 36.5 Å². The number of allylic oxidation sites excluding steroid dienone is 4. The molecule has 136 valence electrons. The second kappa shape index (κ2) is 9.53. The fourth-order valence-corrected chi connectivity index (χ4v) is 4.64. The van der Waals surface area contributed by atoms with Gasteiger partial charge in [-0.05, 0) is 61.9 Å². The molecule has 2 rings (SSSR count). The van der Waals surface area contributed by atoms with Gasteiger partial charge < -0.3 is 0 Å². The van der Waals surface area contributed by atoms with Crippen molar-refractivity contribution in [3.63, 3.8) is 0 Å². The highest BCUT2D eigenvalue weighted by Gasteiger charge is 2.28. The zero-order valence-corrected chi connectivity index (χ0v) is 15.3. The molecule has 2 saturated carbocycles. The lowest BCUT2D eigenvalue weighted by Gasteiger charge is -2.32. The highest BCUT2D eigenvalue weighted by molar-refractivity contribution is 5.25. The first-order valence-electron chi connectivity index (χ1n) is 9.85. The fourth-order valence-electron chi connectivity index (χ4n) is 4.64. The standard InChI is InChI=1S/C22H34F2/c1-16-8-12-21(13-9-16)20-6-4-5-19(11-14-20)10-7-17(2)15-22(24)18(3)23/h15-16,19-21H,2-14H2,1H3/b22-15+. The zero-order valence-electron chi connectivity index (χ0n) is 15.3. The fraction of sp³-hybridized carbons (Fsp3) is 0.727. The van der Waals surface area contributed by atoms with Gasteiger partial charge >= 0.3 is 0 Å². The summed E-state index contributed by atoms with van der Waals surface area (Å²) in [4.78, 5) is 0. The third-order valence-corrected chi connectivity index (χ3v) is 6.32. The van der Waals surface area contributed by atoms with Crippen LogP contribution in [0.25, 0.3) is 0 Å². The molecule has 0 aromatic heterocycles. The molecule has 2 aliphatic carbocycles. The number of hydrogen-bond donors (Lipinski definition) is 0. The summed E-state index contributed by atoms with van der Waals surface area (Å²) in [5.74, 6) is 1.65. The van der Waals surface area contributed by atoms with Gasteiger partial charge in [0.05, 0.1) is 0 Å². The molecule has 24 heavy (non-hydrogen) atoms. The summed E-state index contributed by atoms with van der Waals surface area (Å²) in [5, 5.41) is 0. The second-order valence-electron chi connectivity index (χ2n) is 8.25. The van der Waals surface area contributed by atoms with E-state index in [-0.39, 0.29) is 0 Å². The lowest BCUT2D eigenvalue weighted by Crippen LogP contribution is -2.20. The van der Waals surface area contributed by atoms with Crippen LogP contribution in [-0.2, 0) is 0 Å². The van der Waals surface area contributed by atoms with Gasteiger partial charge in [0.25, 0.3) is 0 Å². The van der Waals surface area contributed by atoms with E-state index in [1.807, 2.05) is 0 Å². The van der Waals surface area contributed by atoms with Gasteiger partial charge in [0.2, 0.25) is 0 Å². The summed E-state index contributed by atoms with van der Waals surface area (Å²) in [6, 6.07) is 0. The normalized spacial score (nSPS) is 32.2. The Balaban J connectivity index is 1.74. The summed E-state index contributed by atoms with van der Waals surface area (Å²) >= 11 is 0. The topological polar surface area (TPSA) is 0 Å². The highest BCUT2D eigenvalue weighted by atomic mass is 19.2. The Morgan fingerprint density at radius 3 is 2.21 bits per heavy atom. The van der Waals surface area contributed by atoms with Crippen molar-refractivity contribution in [2.45, 2.75) is 77.6 Å². The molecule has 0 aromatic carbocycles. The average molecular weight is 337 g/mol. The first-order valence-corrected chi connectivity index (χ1v) is 9.85. The van der Waals surface area contributed by atoms with Crippen LogP contribution < -0.4 is 0 Å². The molecule has 0 aliphatic heterocycles. The van der Waals surface area contributed by atoms with Gasteiger partial charge in [-0.25, -0.2) is 8.78 Å². The molecule has 0 spiro atoms. The van der Waals surface area contributed by atoms with Crippen molar-refractivity contribution in [2.24, 2.45) is 23.7 Å². The van der Waals surface area contributed by atoms with Gasteiger partial charge in [0.1, 0.15) is 0 Å². The number of halogens is 2. The molecule has 0 N–H and O–H groups in total. The summed E-state index contributed by atoms with van der Waals surface area (Å²) in [5.41, 5.74) is 0.674. The monoisotopic (exact) mass is 336 g/mol. The van der Waals surface area contributed by atoms with Crippen LogP contribution in [0.15, 0.2) is 36.5 Å². The first kappa shape index (κ1) is 19.4. The molecule has 0 radical (unpaired) electrons. The Morgan fingerprint density at radius 2 is 1.54 bits per heavy atom. The van der Waals surface area contributed by atoms with E-state index >= 15 is 0 Å². The molecule has 0 amide bonds. The van der Waals surface area contributed by atoms with Gasteiger partial charge in [-0.1, -0.05) is 64.2 Å². The highest BCUT2D eigenvalue weighted by Crippen LogP contribution is 2.41. The molecule has 2 atom stereocenters. The van der Waals surface area contributed by atoms with Gasteiger partial charge in [0.15, 0.2) is 11.7 Å². The molecule has 2 unspecified atom stereocenters. The van der Waals surface area contributed by atoms with E-state index in [1.54, 1.807) is 0 Å². The van der Waals surface area contributed by atoms with Crippen LogP contribution >= 0.6 is 0 Å². The first-order chi connectivity index (χ1) is 11.5. The maximum atomic E-state index is 13.2. The van der Waals surface area contributed by atoms with Crippen molar-refractivity contribution in [2.75, 3.05) is 0 Å². The Morgan fingerprint density at radius 1 is 0.917 bits per heavy atom. The van der Waals surface area contributed by atoms with Crippen molar-refractivity contribution in [1.82, 2.24) is 0 Å². The van der Waals surface area contributed by atoms with E-state index in [4.69, 9.17) is 0 Å². The van der Waals surface area contributed by atoms with E-state index in [9.17, 15) is 8.78 Å². The Hall–Kier alpha value is -0.920. The molecular formula is C22H34F2. The Bertz CT molecular complexity index is 455. The van der Waals surface area contributed by atoms with E-state index in [0.29, 0.717) is 5.57 Å². The third-order valence-electron chi connectivity index (χ3n) is 6.32. The van der Waals surface area contributed by atoms with Crippen LogP contribution in [0, 0.1) is 23.7 Å². The minimum Gasteiger partial charge on any atom is -0.204 e. The largest absolute Gasteiger partial charge is 0.204 e. The number of rotatable bonds is 6. The maximum absolute atomic E-state index is 13.2. The summed E-state index contributed by atoms with van der Waals surface area (Å²) in [6.07, 6.45) is 15.4. The summed E-state index contributed by atoms with van der Waals surface area (Å²) < 4.78 is 25.9. The van der Waals surface area contributed by atoms with Gasteiger partial charge in [-0.3, -0.25) is 0 Å². The minimum absolute atomic E-state index is 0.674. The predicted octanol–water partition coefficient (Wildman–Crippen LogP) is 7.68. The van der Waals surface area contributed by atoms with Gasteiger partial charge in [-0.15, -0.1) is 0 Å². The van der Waals surface area contributed by atoms with Crippen LogP contribution in [0.2, 0.25) is 0 Å². The predicted molar refractivity (Wildman–Crippen MR) is 99.0 cm³/mol. The lowest BCUT2D eigenvalue weighted by molar-refractivity contribution is 0.194. The van der Waals surface area contributed by atoms with Crippen molar-refractivity contribution in [3.8, 4) is 0 Å². The average Bonchev–Trinajstić information content (AvgIpc) is 2.79.